The van der Waals surface area contributed by atoms with E-state index in [-0.39, 0.29) is 48.8 Å². The lowest BCUT2D eigenvalue weighted by Crippen LogP contribution is -2.54. The van der Waals surface area contributed by atoms with Gasteiger partial charge in [0, 0.05) is 37.6 Å². The monoisotopic (exact) mass is 627 g/mol. The second kappa shape index (κ2) is 19.2. The number of carbonyl (C=O) groups excluding carboxylic acids is 4. The number of hydrogen-bond donors (Lipinski definition) is 4. The summed E-state index contributed by atoms with van der Waals surface area (Å²) in [5, 5.41) is 8.96. The standard InChI is InChI=1S/C37H49N5O4/c1-4-26(3)34(41-37(46)31(40-33(44)5-2)23-27-15-14-22-39-25-27)32(43)24-30(20-12-13-21-38)36(45)42-35(28-16-8-6-9-17-28)29-18-10-7-11-19-29/h6-11,14-19,22,25-26,30-31,34-35H,4-5,12-13,20-21,23-24,38H2,1-3H3,(H,40,44)(H,41,46)(H,42,45)/t26-,30+,31-,34-/m0/s1. The Morgan fingerprint density at radius 2 is 1.46 bits per heavy atom. The fourth-order valence-corrected chi connectivity index (χ4v) is 5.43. The number of Topliss-reactive ketones (excluding diaryl/α,β-unsaturated/α-hetero) is 1. The summed E-state index contributed by atoms with van der Waals surface area (Å²) in [6.45, 7) is 6.08. The number of carbonyl (C=O) groups is 4. The third-order valence-corrected chi connectivity index (χ3v) is 8.37. The predicted molar refractivity (Wildman–Crippen MR) is 180 cm³/mol. The lowest BCUT2D eigenvalue weighted by Gasteiger charge is -2.28. The molecule has 0 fully saturated rings. The Kier molecular flexibility index (Phi) is 15.1. The van der Waals surface area contributed by atoms with Gasteiger partial charge < -0.3 is 21.7 Å². The number of ketones is 1. The van der Waals surface area contributed by atoms with E-state index < -0.39 is 23.9 Å². The maximum Gasteiger partial charge on any atom is 0.243 e. The summed E-state index contributed by atoms with van der Waals surface area (Å²) >= 11 is 0. The summed E-state index contributed by atoms with van der Waals surface area (Å²) in [4.78, 5) is 58.0. The first-order chi connectivity index (χ1) is 22.3. The lowest BCUT2D eigenvalue weighted by molar-refractivity contribution is -0.134. The highest BCUT2D eigenvalue weighted by atomic mass is 16.2. The van der Waals surface area contributed by atoms with E-state index in [0.717, 1.165) is 23.1 Å². The fourth-order valence-electron chi connectivity index (χ4n) is 5.43. The van der Waals surface area contributed by atoms with Gasteiger partial charge in [-0.05, 0) is 48.1 Å². The van der Waals surface area contributed by atoms with E-state index in [1.807, 2.05) is 80.6 Å². The van der Waals surface area contributed by atoms with Gasteiger partial charge in [-0.25, -0.2) is 0 Å². The van der Waals surface area contributed by atoms with Crippen LogP contribution in [0.5, 0.6) is 0 Å². The van der Waals surface area contributed by atoms with Crippen LogP contribution in [0, 0.1) is 11.8 Å². The average molecular weight is 628 g/mol. The Bertz CT molecular complexity index is 1330. The molecule has 0 aliphatic carbocycles. The molecule has 0 saturated carbocycles. The number of rotatable bonds is 19. The minimum Gasteiger partial charge on any atom is -0.345 e. The van der Waals surface area contributed by atoms with Crippen molar-refractivity contribution in [2.24, 2.45) is 17.6 Å². The Labute approximate surface area is 273 Å². The molecule has 5 N–H and O–H groups in total. The van der Waals surface area contributed by atoms with Gasteiger partial charge in [0.15, 0.2) is 5.78 Å². The smallest absolute Gasteiger partial charge is 0.243 e. The normalized spacial score (nSPS) is 13.7. The van der Waals surface area contributed by atoms with Crippen LogP contribution >= 0.6 is 0 Å². The number of nitrogens with one attached hydrogen (secondary N) is 3. The summed E-state index contributed by atoms with van der Waals surface area (Å²) < 4.78 is 0. The first-order valence-electron chi connectivity index (χ1n) is 16.4. The fraction of sp³-hybridized carbons (Fsp3) is 0.432. The van der Waals surface area contributed by atoms with Crippen molar-refractivity contribution in [2.75, 3.05) is 6.54 Å². The minimum atomic E-state index is -0.878. The summed E-state index contributed by atoms with van der Waals surface area (Å²) in [6, 6.07) is 21.0. The molecule has 2 aromatic carbocycles. The summed E-state index contributed by atoms with van der Waals surface area (Å²) in [5.41, 5.74) is 8.43. The van der Waals surface area contributed by atoms with Crippen LogP contribution in [0.1, 0.15) is 82.0 Å². The number of aromatic nitrogens is 1. The molecule has 0 aliphatic heterocycles. The van der Waals surface area contributed by atoms with Crippen molar-refractivity contribution in [3.8, 4) is 0 Å². The van der Waals surface area contributed by atoms with Crippen LogP contribution in [0.4, 0.5) is 0 Å². The van der Waals surface area contributed by atoms with Gasteiger partial charge in [0.25, 0.3) is 0 Å². The number of benzene rings is 2. The molecule has 3 rings (SSSR count). The van der Waals surface area contributed by atoms with Crippen molar-refractivity contribution in [2.45, 2.75) is 83.8 Å². The van der Waals surface area contributed by atoms with Crippen molar-refractivity contribution >= 4 is 23.5 Å². The number of hydrogen-bond acceptors (Lipinski definition) is 6. The van der Waals surface area contributed by atoms with Crippen LogP contribution in [0.15, 0.2) is 85.2 Å². The predicted octanol–water partition coefficient (Wildman–Crippen LogP) is 4.66. The Hall–Kier alpha value is -4.37. The highest BCUT2D eigenvalue weighted by Gasteiger charge is 2.33. The van der Waals surface area contributed by atoms with Gasteiger partial charge in [-0.3, -0.25) is 24.2 Å². The van der Waals surface area contributed by atoms with E-state index in [4.69, 9.17) is 5.73 Å². The highest BCUT2D eigenvalue weighted by molar-refractivity contribution is 5.95. The molecule has 0 aliphatic rings. The van der Waals surface area contributed by atoms with E-state index in [0.29, 0.717) is 25.8 Å². The van der Waals surface area contributed by atoms with Crippen molar-refractivity contribution in [3.63, 3.8) is 0 Å². The van der Waals surface area contributed by atoms with Gasteiger partial charge in [-0.15, -0.1) is 0 Å². The van der Waals surface area contributed by atoms with Gasteiger partial charge in [-0.2, -0.15) is 0 Å². The Balaban J connectivity index is 1.83. The zero-order valence-corrected chi connectivity index (χ0v) is 27.3. The van der Waals surface area contributed by atoms with Crippen molar-refractivity contribution in [3.05, 3.63) is 102 Å². The number of pyridine rings is 1. The Morgan fingerprint density at radius 1 is 0.804 bits per heavy atom. The maximum absolute atomic E-state index is 14.0. The quantitative estimate of drug-likeness (QED) is 0.142. The second-order valence-corrected chi connectivity index (χ2v) is 11.8. The molecule has 4 atom stereocenters. The van der Waals surface area contributed by atoms with Gasteiger partial charge in [0.05, 0.1) is 12.1 Å². The SMILES string of the molecule is CCC(=O)N[C@@H](Cc1cccnc1)C(=O)N[C@H](C(=O)C[C@@H](CCCCN)C(=O)NC(c1ccccc1)c1ccccc1)[C@@H](C)CC. The molecule has 3 aromatic rings. The van der Waals surface area contributed by atoms with Gasteiger partial charge in [-0.1, -0.05) is 100 Å². The second-order valence-electron chi connectivity index (χ2n) is 11.8. The van der Waals surface area contributed by atoms with Crippen LogP contribution in [0.3, 0.4) is 0 Å². The zero-order chi connectivity index (χ0) is 33.3. The maximum atomic E-state index is 14.0. The molecule has 1 aromatic heterocycles. The topological polar surface area (TPSA) is 143 Å². The van der Waals surface area contributed by atoms with E-state index in [2.05, 4.69) is 20.9 Å². The summed E-state index contributed by atoms with van der Waals surface area (Å²) in [6.07, 6.45) is 6.27. The molecule has 0 saturated heterocycles. The van der Waals surface area contributed by atoms with Crippen molar-refractivity contribution in [1.82, 2.24) is 20.9 Å². The van der Waals surface area contributed by atoms with Crippen LogP contribution in [-0.2, 0) is 25.6 Å². The molecule has 9 heteroatoms. The van der Waals surface area contributed by atoms with Crippen LogP contribution in [-0.4, -0.2) is 47.1 Å². The first kappa shape index (κ1) is 36.1. The number of nitrogens with zero attached hydrogens (tertiary/aromatic N) is 1. The summed E-state index contributed by atoms with van der Waals surface area (Å²) in [5.74, 6) is -1.94. The number of unbranched alkanes of at least 4 members (excludes halogenated alkanes) is 1. The molecule has 9 nitrogen and oxygen atoms in total. The van der Waals surface area contributed by atoms with Crippen molar-refractivity contribution in [1.29, 1.82) is 0 Å². The highest BCUT2D eigenvalue weighted by Crippen LogP contribution is 2.25. The van der Waals surface area contributed by atoms with Crippen LogP contribution in [0.2, 0.25) is 0 Å². The van der Waals surface area contributed by atoms with E-state index >= 15 is 0 Å². The third kappa shape index (κ3) is 11.2. The van der Waals surface area contributed by atoms with Crippen LogP contribution in [0.25, 0.3) is 0 Å². The van der Waals surface area contributed by atoms with Crippen molar-refractivity contribution < 1.29 is 19.2 Å². The first-order valence-corrected chi connectivity index (χ1v) is 16.4. The van der Waals surface area contributed by atoms with E-state index in [9.17, 15) is 19.2 Å². The van der Waals surface area contributed by atoms with E-state index in [1.54, 1.807) is 25.4 Å². The van der Waals surface area contributed by atoms with Gasteiger partial charge in [0.1, 0.15) is 6.04 Å². The minimum absolute atomic E-state index is 0.0312. The molecule has 3 amide bonds. The molecular weight excluding hydrogens is 578 g/mol. The third-order valence-electron chi connectivity index (χ3n) is 8.37. The molecule has 246 valence electrons. The molecule has 0 unspecified atom stereocenters. The molecular formula is C37H49N5O4. The molecule has 1 heterocycles. The molecule has 46 heavy (non-hydrogen) atoms. The molecule has 0 bridgehead atoms. The van der Waals surface area contributed by atoms with Gasteiger partial charge >= 0.3 is 0 Å². The Morgan fingerprint density at radius 3 is 2.00 bits per heavy atom. The number of amides is 3. The van der Waals surface area contributed by atoms with E-state index in [1.165, 1.54) is 0 Å². The molecule has 0 spiro atoms. The summed E-state index contributed by atoms with van der Waals surface area (Å²) in [7, 11) is 0. The average Bonchev–Trinajstić information content (AvgIpc) is 3.09. The van der Waals surface area contributed by atoms with Gasteiger partial charge in [0.2, 0.25) is 17.7 Å². The molecule has 0 radical (unpaired) electrons. The number of nitrogens with two attached hydrogens (primary N) is 1. The zero-order valence-electron chi connectivity index (χ0n) is 27.3. The largest absolute Gasteiger partial charge is 0.345 e. The lowest BCUT2D eigenvalue weighted by atomic mass is 9.87. The van der Waals surface area contributed by atoms with Crippen LogP contribution < -0.4 is 21.7 Å².